The number of aliphatic imine (C=N–C) groups is 1. The number of cyclic esters (lactones) is 1. The molecule has 1 aliphatic rings. The van der Waals surface area contributed by atoms with E-state index in [4.69, 9.17) is 26.7 Å². The molecule has 2 aromatic rings. The van der Waals surface area contributed by atoms with E-state index >= 15 is 0 Å². The normalized spacial score (nSPS) is 15.8. The number of hydrogen-bond donors (Lipinski definition) is 5. The van der Waals surface area contributed by atoms with E-state index in [0.29, 0.717) is 17.1 Å². The molecular formula is C22H25FN8O4. The highest BCUT2D eigenvalue weighted by molar-refractivity contribution is 5.92. The van der Waals surface area contributed by atoms with Gasteiger partial charge in [-0.2, -0.15) is 0 Å². The molecule has 1 saturated heterocycles. The highest BCUT2D eigenvalue weighted by Crippen LogP contribution is 2.29. The maximum atomic E-state index is 14.9. The Hall–Kier alpha value is -4.68. The van der Waals surface area contributed by atoms with Crippen molar-refractivity contribution in [3.8, 4) is 11.1 Å². The fourth-order valence-electron chi connectivity index (χ4n) is 3.33. The molecule has 0 radical (unpaired) electrons. The third kappa shape index (κ3) is 6.43. The number of urea groups is 1. The summed E-state index contributed by atoms with van der Waals surface area (Å²) in [6, 6.07) is 6.99. The third-order valence-electron chi connectivity index (χ3n) is 5.02. The van der Waals surface area contributed by atoms with Crippen molar-refractivity contribution in [3.63, 3.8) is 0 Å². The fraction of sp³-hybridized carbons (Fsp3) is 0.227. The van der Waals surface area contributed by atoms with Gasteiger partial charge >= 0.3 is 12.1 Å². The van der Waals surface area contributed by atoms with Crippen LogP contribution in [0.25, 0.3) is 11.1 Å². The molecule has 13 heteroatoms. The summed E-state index contributed by atoms with van der Waals surface area (Å²) in [5.41, 5.74) is 11.7. The predicted octanol–water partition coefficient (Wildman–Crippen LogP) is 1.72. The molecule has 1 fully saturated rings. The summed E-state index contributed by atoms with van der Waals surface area (Å²) in [4.78, 5) is 34.1. The average molecular weight is 484 g/mol. The zero-order valence-corrected chi connectivity index (χ0v) is 18.6. The molecule has 0 spiro atoms. The van der Waals surface area contributed by atoms with Gasteiger partial charge in [-0.05, 0) is 30.3 Å². The van der Waals surface area contributed by atoms with Crippen molar-refractivity contribution < 1.29 is 23.8 Å². The van der Waals surface area contributed by atoms with E-state index < -0.39 is 24.0 Å². The van der Waals surface area contributed by atoms with Crippen LogP contribution in [-0.4, -0.2) is 66.7 Å². The molecule has 35 heavy (non-hydrogen) atoms. The minimum absolute atomic E-state index is 0.0862. The number of aliphatic hydroxyl groups is 1. The van der Waals surface area contributed by atoms with Gasteiger partial charge in [-0.3, -0.25) is 15.3 Å². The van der Waals surface area contributed by atoms with E-state index in [2.05, 4.69) is 15.3 Å². The topological polar surface area (TPSA) is 183 Å². The number of ether oxygens (including phenoxy) is 1. The van der Waals surface area contributed by atoms with Gasteiger partial charge in [-0.25, -0.2) is 19.0 Å². The number of nitrogens with two attached hydrogens (primary N) is 2. The summed E-state index contributed by atoms with van der Waals surface area (Å²) < 4.78 is 20.2. The van der Waals surface area contributed by atoms with Gasteiger partial charge in [0.2, 0.25) is 0 Å². The monoisotopic (exact) mass is 484 g/mol. The van der Waals surface area contributed by atoms with Crippen LogP contribution in [0.4, 0.5) is 25.5 Å². The number of anilines is 2. The number of carbonyl (C=O) groups is 2. The van der Waals surface area contributed by atoms with Crippen LogP contribution in [0.3, 0.4) is 0 Å². The molecule has 2 heterocycles. The number of benzene rings is 1. The highest BCUT2D eigenvalue weighted by atomic mass is 19.1. The standard InChI is InChI=1S/C22H25FN8O4/c23-18-9-15(31-12-16(35-22(31)34)11-28-19(25)5-8-32)2-3-17(18)14-1-4-20(29-10-14)30(13-24)7-6-27-21(26)33/h1-5,8-10,13,16,24,32H,6-7,11-12H2,(H2,25,28)(H3,26,27,33)/b8-5-,24-13?. The second kappa shape index (κ2) is 11.4. The number of carbonyl (C=O) groups excluding carboxylic acids is 2. The minimum atomic E-state index is -0.663. The summed E-state index contributed by atoms with van der Waals surface area (Å²) in [7, 11) is 0. The number of aromatic nitrogens is 1. The van der Waals surface area contributed by atoms with Crippen LogP contribution in [0.2, 0.25) is 0 Å². The molecule has 3 amide bonds. The number of aliphatic hydroxyl groups excluding tert-OH is 1. The first kappa shape index (κ1) is 25.0. The van der Waals surface area contributed by atoms with Crippen molar-refractivity contribution in [1.29, 1.82) is 5.41 Å². The maximum absolute atomic E-state index is 14.9. The first-order valence-electron chi connectivity index (χ1n) is 10.5. The van der Waals surface area contributed by atoms with Gasteiger partial charge in [-0.1, -0.05) is 0 Å². The van der Waals surface area contributed by atoms with E-state index in [0.717, 1.165) is 12.6 Å². The van der Waals surface area contributed by atoms with Gasteiger partial charge in [0.1, 0.15) is 23.6 Å². The highest BCUT2D eigenvalue weighted by Gasteiger charge is 2.32. The van der Waals surface area contributed by atoms with E-state index in [1.165, 1.54) is 34.2 Å². The Bertz CT molecular complexity index is 1140. The molecule has 12 nitrogen and oxygen atoms in total. The Labute approximate surface area is 200 Å². The van der Waals surface area contributed by atoms with E-state index in [9.17, 15) is 14.0 Å². The van der Waals surface area contributed by atoms with Gasteiger partial charge in [-0.15, -0.1) is 0 Å². The van der Waals surface area contributed by atoms with Gasteiger partial charge in [0.25, 0.3) is 0 Å². The summed E-state index contributed by atoms with van der Waals surface area (Å²) in [5.74, 6) is -0.0306. The predicted molar refractivity (Wildman–Crippen MR) is 129 cm³/mol. The molecule has 0 aliphatic carbocycles. The second-order valence-corrected chi connectivity index (χ2v) is 7.38. The molecule has 1 aromatic carbocycles. The van der Waals surface area contributed by atoms with Crippen LogP contribution in [0.1, 0.15) is 0 Å². The number of nitrogens with one attached hydrogen (secondary N) is 2. The van der Waals surface area contributed by atoms with Crippen molar-refractivity contribution in [2.24, 2.45) is 16.5 Å². The Morgan fingerprint density at radius 3 is 2.83 bits per heavy atom. The molecule has 7 N–H and O–H groups in total. The van der Waals surface area contributed by atoms with Crippen molar-refractivity contribution in [2.45, 2.75) is 6.10 Å². The van der Waals surface area contributed by atoms with Gasteiger partial charge in [0, 0.05) is 36.5 Å². The summed E-state index contributed by atoms with van der Waals surface area (Å²) >= 11 is 0. The SMILES string of the molecule is N=CN(CCNC(N)=O)c1ccc(-c2ccc(N3CC(CN=C(N)/C=C\O)OC3=O)cc2F)cn1. The van der Waals surface area contributed by atoms with Crippen molar-refractivity contribution >= 4 is 35.8 Å². The first-order chi connectivity index (χ1) is 16.8. The number of rotatable bonds is 10. The molecule has 1 aromatic heterocycles. The Kier molecular flexibility index (Phi) is 8.16. The second-order valence-electron chi connectivity index (χ2n) is 7.38. The molecule has 1 unspecified atom stereocenters. The van der Waals surface area contributed by atoms with Crippen LogP contribution in [0.15, 0.2) is 53.9 Å². The molecule has 1 atom stereocenters. The lowest BCUT2D eigenvalue weighted by Crippen LogP contribution is -2.37. The number of primary amides is 1. The van der Waals surface area contributed by atoms with Crippen LogP contribution < -0.4 is 26.6 Å². The lowest BCUT2D eigenvalue weighted by atomic mass is 10.1. The lowest BCUT2D eigenvalue weighted by Gasteiger charge is -2.18. The van der Waals surface area contributed by atoms with E-state index in [1.54, 1.807) is 18.2 Å². The molecule has 1 aliphatic heterocycles. The zero-order valence-electron chi connectivity index (χ0n) is 18.6. The van der Waals surface area contributed by atoms with Crippen molar-refractivity contribution in [3.05, 3.63) is 54.7 Å². The smallest absolute Gasteiger partial charge is 0.414 e. The molecule has 3 rings (SSSR count). The van der Waals surface area contributed by atoms with E-state index in [-0.39, 0.29) is 37.6 Å². The zero-order chi connectivity index (χ0) is 25.4. The van der Waals surface area contributed by atoms with Crippen molar-refractivity contribution in [1.82, 2.24) is 10.3 Å². The van der Waals surface area contributed by atoms with E-state index in [1.807, 2.05) is 0 Å². The lowest BCUT2D eigenvalue weighted by molar-refractivity contribution is 0.145. The van der Waals surface area contributed by atoms with Crippen LogP contribution >= 0.6 is 0 Å². The van der Waals surface area contributed by atoms with Crippen LogP contribution in [0, 0.1) is 11.2 Å². The fourth-order valence-corrected chi connectivity index (χ4v) is 3.33. The third-order valence-corrected chi connectivity index (χ3v) is 5.02. The quantitative estimate of drug-likeness (QED) is 0.193. The van der Waals surface area contributed by atoms with Crippen LogP contribution in [-0.2, 0) is 4.74 Å². The summed E-state index contributed by atoms with van der Waals surface area (Å²) in [5, 5.41) is 18.6. The van der Waals surface area contributed by atoms with Crippen LogP contribution in [0.5, 0.6) is 0 Å². The number of nitrogens with zero attached hydrogens (tertiary/aromatic N) is 4. The summed E-state index contributed by atoms with van der Waals surface area (Å²) in [6.07, 6.45) is 3.29. The van der Waals surface area contributed by atoms with Gasteiger partial charge in [0.15, 0.2) is 0 Å². The molecular weight excluding hydrogens is 459 g/mol. The Balaban J connectivity index is 1.69. The number of halogens is 1. The minimum Gasteiger partial charge on any atom is -0.515 e. The average Bonchev–Trinajstić information content (AvgIpc) is 3.21. The molecule has 0 bridgehead atoms. The number of amidine groups is 1. The number of amides is 3. The van der Waals surface area contributed by atoms with Crippen molar-refractivity contribution in [2.75, 3.05) is 36.0 Å². The van der Waals surface area contributed by atoms with Gasteiger partial charge in [0.05, 0.1) is 31.4 Å². The molecule has 0 saturated carbocycles. The summed E-state index contributed by atoms with van der Waals surface area (Å²) in [6.45, 7) is 0.772. The Morgan fingerprint density at radius 2 is 2.20 bits per heavy atom. The largest absolute Gasteiger partial charge is 0.515 e. The van der Waals surface area contributed by atoms with Gasteiger partial charge < -0.3 is 31.5 Å². The first-order valence-corrected chi connectivity index (χ1v) is 10.5. The molecule has 184 valence electrons. The Morgan fingerprint density at radius 1 is 1.40 bits per heavy atom. The maximum Gasteiger partial charge on any atom is 0.414 e. The number of pyridine rings is 1. The number of hydrogen-bond acceptors (Lipinski definition) is 7.